The fourth-order valence-electron chi connectivity index (χ4n) is 3.84. The van der Waals surface area contributed by atoms with Gasteiger partial charge in [-0.2, -0.15) is 0 Å². The van der Waals surface area contributed by atoms with Crippen molar-refractivity contribution in [1.29, 1.82) is 0 Å². The number of ether oxygens (including phenoxy) is 1. The molecule has 1 saturated heterocycles. The molecule has 1 heterocycles. The smallest absolute Gasteiger partial charge is 0.300 e. The van der Waals surface area contributed by atoms with E-state index >= 15 is 0 Å². The minimum Gasteiger partial charge on any atom is -0.508 e. The van der Waals surface area contributed by atoms with Gasteiger partial charge in [-0.1, -0.05) is 37.6 Å². The van der Waals surface area contributed by atoms with Crippen molar-refractivity contribution in [2.24, 2.45) is 5.92 Å². The number of carbonyl (C=O) groups excluding carboxylic acids is 2. The molecule has 1 unspecified atom stereocenters. The number of rotatable bonds is 6. The summed E-state index contributed by atoms with van der Waals surface area (Å²) in [5, 5.41) is 21.6. The zero-order valence-electron chi connectivity index (χ0n) is 18.7. The van der Waals surface area contributed by atoms with Gasteiger partial charge in [0, 0.05) is 16.3 Å². The van der Waals surface area contributed by atoms with Gasteiger partial charge in [0.05, 0.1) is 18.2 Å². The number of anilines is 1. The summed E-state index contributed by atoms with van der Waals surface area (Å²) in [6, 6.07) is 18.5. The lowest BCUT2D eigenvalue weighted by molar-refractivity contribution is -0.132. The Kier molecular flexibility index (Phi) is 6.61. The molecule has 0 spiro atoms. The molecule has 1 atom stereocenters. The first-order valence-electron chi connectivity index (χ1n) is 10.8. The molecule has 3 aromatic carbocycles. The maximum atomic E-state index is 13.2. The molecule has 0 aromatic heterocycles. The lowest BCUT2D eigenvalue weighted by atomic mass is 9.95. The first-order chi connectivity index (χ1) is 16.3. The molecule has 6 nitrogen and oxygen atoms in total. The van der Waals surface area contributed by atoms with Crippen LogP contribution in [0.2, 0.25) is 5.02 Å². The third kappa shape index (κ3) is 4.63. The number of ketones is 1. The number of halogens is 1. The van der Waals surface area contributed by atoms with Gasteiger partial charge < -0.3 is 14.9 Å². The zero-order chi connectivity index (χ0) is 24.4. The first-order valence-corrected chi connectivity index (χ1v) is 11.2. The number of phenols is 1. The number of amides is 1. The summed E-state index contributed by atoms with van der Waals surface area (Å²) in [6.07, 6.45) is 0. The summed E-state index contributed by atoms with van der Waals surface area (Å²) in [5.41, 5.74) is 1.22. The van der Waals surface area contributed by atoms with E-state index in [1.54, 1.807) is 60.7 Å². The van der Waals surface area contributed by atoms with Crippen molar-refractivity contribution >= 4 is 34.7 Å². The van der Waals surface area contributed by atoms with Crippen LogP contribution in [-0.4, -0.2) is 28.5 Å². The maximum absolute atomic E-state index is 13.2. The molecule has 0 aliphatic carbocycles. The number of aromatic hydroxyl groups is 1. The van der Waals surface area contributed by atoms with Crippen LogP contribution in [0.15, 0.2) is 78.4 Å². The van der Waals surface area contributed by atoms with E-state index in [1.807, 2.05) is 13.8 Å². The highest BCUT2D eigenvalue weighted by Crippen LogP contribution is 2.43. The maximum Gasteiger partial charge on any atom is 0.300 e. The number of aliphatic hydroxyl groups excluding tert-OH is 1. The third-order valence-electron chi connectivity index (χ3n) is 5.45. The minimum atomic E-state index is -0.940. The highest BCUT2D eigenvalue weighted by molar-refractivity contribution is 6.51. The lowest BCUT2D eigenvalue weighted by Gasteiger charge is -2.25. The second kappa shape index (κ2) is 9.61. The number of Topliss-reactive ketones (excluding diaryl/α,β-unsaturated/α-hetero) is 1. The topological polar surface area (TPSA) is 87.1 Å². The van der Waals surface area contributed by atoms with E-state index in [2.05, 4.69) is 0 Å². The van der Waals surface area contributed by atoms with E-state index < -0.39 is 17.7 Å². The van der Waals surface area contributed by atoms with Crippen molar-refractivity contribution in [3.8, 4) is 11.5 Å². The summed E-state index contributed by atoms with van der Waals surface area (Å²) in [7, 11) is 0. The third-order valence-corrected chi connectivity index (χ3v) is 5.70. The predicted octanol–water partition coefficient (Wildman–Crippen LogP) is 5.71. The zero-order valence-corrected chi connectivity index (χ0v) is 19.5. The molecule has 0 bridgehead atoms. The normalized spacial score (nSPS) is 17.4. The molecule has 1 aliphatic heterocycles. The largest absolute Gasteiger partial charge is 0.508 e. The van der Waals surface area contributed by atoms with Crippen LogP contribution in [-0.2, 0) is 9.59 Å². The Morgan fingerprint density at radius 3 is 2.32 bits per heavy atom. The predicted molar refractivity (Wildman–Crippen MR) is 131 cm³/mol. The average Bonchev–Trinajstić information content (AvgIpc) is 3.08. The molecule has 1 fully saturated rings. The van der Waals surface area contributed by atoms with Gasteiger partial charge in [0.1, 0.15) is 17.3 Å². The second-order valence-corrected chi connectivity index (χ2v) is 8.91. The van der Waals surface area contributed by atoms with E-state index in [0.29, 0.717) is 40.1 Å². The fourth-order valence-corrected chi connectivity index (χ4v) is 3.96. The molecule has 3 aromatic rings. The van der Waals surface area contributed by atoms with Gasteiger partial charge in [-0.25, -0.2) is 0 Å². The van der Waals surface area contributed by atoms with Gasteiger partial charge in [0.25, 0.3) is 11.7 Å². The molecule has 4 rings (SSSR count). The Labute approximate surface area is 202 Å². The van der Waals surface area contributed by atoms with E-state index in [-0.39, 0.29) is 17.1 Å². The quantitative estimate of drug-likeness (QED) is 0.270. The summed E-state index contributed by atoms with van der Waals surface area (Å²) in [4.78, 5) is 27.7. The van der Waals surface area contributed by atoms with Crippen LogP contribution in [0.3, 0.4) is 0 Å². The molecule has 0 radical (unpaired) electrons. The van der Waals surface area contributed by atoms with Crippen LogP contribution in [0.4, 0.5) is 5.69 Å². The number of hydrogen-bond donors (Lipinski definition) is 2. The van der Waals surface area contributed by atoms with Crippen molar-refractivity contribution < 1.29 is 24.5 Å². The standard InChI is InChI=1S/C27H24ClNO5/c1-16(2)15-34-22-12-10-20(11-13-22)29-24(18-4-3-5-21(30)14-18)23(26(32)27(29)33)25(31)17-6-8-19(28)9-7-17/h3-14,16,24,30-31H,15H2,1-2H3/b25-23-. The van der Waals surface area contributed by atoms with Crippen LogP contribution in [0.5, 0.6) is 11.5 Å². The van der Waals surface area contributed by atoms with Gasteiger partial charge in [-0.15, -0.1) is 0 Å². The van der Waals surface area contributed by atoms with Crippen molar-refractivity contribution in [3.63, 3.8) is 0 Å². The van der Waals surface area contributed by atoms with Gasteiger partial charge in [0.2, 0.25) is 0 Å². The molecule has 7 heteroatoms. The molecule has 2 N–H and O–H groups in total. The van der Waals surface area contributed by atoms with E-state index in [9.17, 15) is 19.8 Å². The Morgan fingerprint density at radius 2 is 1.71 bits per heavy atom. The SMILES string of the molecule is CC(C)COc1ccc(N2C(=O)C(=O)/C(=C(\O)c3ccc(Cl)cc3)C2c2cccc(O)c2)cc1. The number of hydrogen-bond acceptors (Lipinski definition) is 5. The van der Waals surface area contributed by atoms with Gasteiger partial charge in [0.15, 0.2) is 0 Å². The highest BCUT2D eigenvalue weighted by atomic mass is 35.5. The van der Waals surface area contributed by atoms with Crippen molar-refractivity contribution in [3.05, 3.63) is 94.5 Å². The van der Waals surface area contributed by atoms with E-state index in [1.165, 1.54) is 17.0 Å². The number of carbonyl (C=O) groups is 2. The second-order valence-electron chi connectivity index (χ2n) is 8.47. The highest BCUT2D eigenvalue weighted by Gasteiger charge is 2.47. The number of nitrogens with zero attached hydrogens (tertiary/aromatic N) is 1. The lowest BCUT2D eigenvalue weighted by Crippen LogP contribution is -2.29. The van der Waals surface area contributed by atoms with Crippen LogP contribution < -0.4 is 9.64 Å². The van der Waals surface area contributed by atoms with Crippen LogP contribution in [0.1, 0.15) is 31.0 Å². The van der Waals surface area contributed by atoms with Crippen molar-refractivity contribution in [2.45, 2.75) is 19.9 Å². The molecule has 34 heavy (non-hydrogen) atoms. The van der Waals surface area contributed by atoms with Crippen molar-refractivity contribution in [2.75, 3.05) is 11.5 Å². The number of aliphatic hydroxyl groups is 1. The van der Waals surface area contributed by atoms with E-state index in [0.717, 1.165) is 0 Å². The monoisotopic (exact) mass is 477 g/mol. The van der Waals surface area contributed by atoms with Crippen molar-refractivity contribution in [1.82, 2.24) is 0 Å². The molecule has 0 saturated carbocycles. The van der Waals surface area contributed by atoms with Gasteiger partial charge >= 0.3 is 0 Å². The van der Waals surface area contributed by atoms with E-state index in [4.69, 9.17) is 16.3 Å². The molecule has 174 valence electrons. The summed E-state index contributed by atoms with van der Waals surface area (Å²) >= 11 is 5.96. The number of phenolic OH excluding ortho intramolecular Hbond substituents is 1. The van der Waals surface area contributed by atoms with Gasteiger partial charge in [-0.05, 0) is 72.1 Å². The van der Waals surface area contributed by atoms with Crippen LogP contribution >= 0.6 is 11.6 Å². The van der Waals surface area contributed by atoms with Crippen LogP contribution in [0.25, 0.3) is 5.76 Å². The Hall–Kier alpha value is -3.77. The average molecular weight is 478 g/mol. The molecular weight excluding hydrogens is 454 g/mol. The minimum absolute atomic E-state index is 0.0213. The number of benzene rings is 3. The first kappa shape index (κ1) is 23.4. The summed E-state index contributed by atoms with van der Waals surface area (Å²) in [5.74, 6) is -0.935. The molecule has 1 aliphatic rings. The fraction of sp³-hybridized carbons (Fsp3) is 0.185. The molecule has 1 amide bonds. The van der Waals surface area contributed by atoms with Gasteiger partial charge in [-0.3, -0.25) is 14.5 Å². The molecular formula is C27H24ClNO5. The van der Waals surface area contributed by atoms with Crippen LogP contribution in [0, 0.1) is 5.92 Å². The Balaban J connectivity index is 1.82. The summed E-state index contributed by atoms with van der Waals surface area (Å²) < 4.78 is 5.72. The Morgan fingerprint density at radius 1 is 1.03 bits per heavy atom. The Bertz CT molecular complexity index is 1250. The summed E-state index contributed by atoms with van der Waals surface area (Å²) in [6.45, 7) is 4.64.